The molecule has 0 N–H and O–H groups in total. The third kappa shape index (κ3) is 3.95. The molecule has 6 heteroatoms. The summed E-state index contributed by atoms with van der Waals surface area (Å²) < 4.78 is 17.4. The van der Waals surface area contributed by atoms with Crippen LogP contribution in [0, 0.1) is 5.92 Å². The molecule has 0 aliphatic carbocycles. The van der Waals surface area contributed by atoms with Crippen LogP contribution in [0.15, 0.2) is 48.2 Å². The van der Waals surface area contributed by atoms with E-state index in [0.717, 1.165) is 35.5 Å². The Kier molecular flexibility index (Phi) is 6.07. The van der Waals surface area contributed by atoms with Crippen LogP contribution in [0.3, 0.4) is 0 Å². The Hall–Kier alpha value is -3.28. The second-order valence-electron chi connectivity index (χ2n) is 9.50. The smallest absolute Gasteiger partial charge is 0.343 e. The van der Waals surface area contributed by atoms with Crippen LogP contribution in [0.4, 0.5) is 0 Å². The zero-order chi connectivity index (χ0) is 23.8. The Morgan fingerprint density at radius 2 is 2.00 bits per heavy atom. The highest BCUT2D eigenvalue weighted by Crippen LogP contribution is 2.49. The van der Waals surface area contributed by atoms with Crippen LogP contribution in [0.25, 0.3) is 0 Å². The number of carbonyl (C=O) groups excluding carboxylic acids is 2. The highest BCUT2D eigenvalue weighted by molar-refractivity contribution is 6.17. The van der Waals surface area contributed by atoms with Gasteiger partial charge in [-0.1, -0.05) is 44.2 Å². The standard InChI is InChI=1S/C28H31NO5/c1-4-32-28(31)21-15-29-22(17(2)3)12-19-13-25(34-16-18-8-6-5-7-9-18)27-20(10-11-33-27)26(19)23(29)14-24(21)30/h5-9,13,15,17,22-23H,4,10-12,14,16H2,1-3H3. The number of benzene rings is 2. The molecule has 0 fully saturated rings. The van der Waals surface area contributed by atoms with Crippen LogP contribution in [0.1, 0.15) is 55.5 Å². The van der Waals surface area contributed by atoms with Crippen molar-refractivity contribution in [1.29, 1.82) is 0 Å². The van der Waals surface area contributed by atoms with Gasteiger partial charge in [-0.05, 0) is 42.0 Å². The number of esters is 1. The van der Waals surface area contributed by atoms with Gasteiger partial charge in [0, 0.05) is 30.6 Å². The van der Waals surface area contributed by atoms with E-state index in [-0.39, 0.29) is 36.5 Å². The van der Waals surface area contributed by atoms with Gasteiger partial charge in [0.15, 0.2) is 17.3 Å². The summed E-state index contributed by atoms with van der Waals surface area (Å²) in [6.45, 7) is 7.45. The molecule has 0 saturated carbocycles. The van der Waals surface area contributed by atoms with Gasteiger partial charge in [-0.3, -0.25) is 4.79 Å². The SMILES string of the molecule is CCOC(=O)C1=CN2C(CC1=O)c1c(cc(OCc3ccccc3)c3c1CCO3)CC2C(C)C. The van der Waals surface area contributed by atoms with Gasteiger partial charge in [-0.15, -0.1) is 0 Å². The summed E-state index contributed by atoms with van der Waals surface area (Å²) in [5, 5.41) is 0. The first kappa shape index (κ1) is 22.5. The number of hydrogen-bond acceptors (Lipinski definition) is 6. The average molecular weight is 462 g/mol. The molecule has 2 atom stereocenters. The number of ketones is 1. The van der Waals surface area contributed by atoms with Crippen molar-refractivity contribution in [2.24, 2.45) is 5.92 Å². The van der Waals surface area contributed by atoms with Crippen LogP contribution < -0.4 is 9.47 Å². The minimum atomic E-state index is -0.530. The van der Waals surface area contributed by atoms with Gasteiger partial charge in [-0.25, -0.2) is 4.79 Å². The van der Waals surface area contributed by atoms with Crippen LogP contribution in [0.2, 0.25) is 0 Å². The molecule has 3 heterocycles. The highest BCUT2D eigenvalue weighted by Gasteiger charge is 2.43. The average Bonchev–Trinajstić information content (AvgIpc) is 3.32. The van der Waals surface area contributed by atoms with E-state index in [4.69, 9.17) is 14.2 Å². The van der Waals surface area contributed by atoms with Gasteiger partial charge in [0.05, 0.1) is 19.3 Å². The monoisotopic (exact) mass is 461 g/mol. The first-order valence-electron chi connectivity index (χ1n) is 12.2. The number of carbonyl (C=O) groups is 2. The Labute approximate surface area is 200 Å². The Bertz CT molecular complexity index is 1140. The van der Waals surface area contributed by atoms with E-state index in [1.807, 2.05) is 30.3 Å². The summed E-state index contributed by atoms with van der Waals surface area (Å²) >= 11 is 0. The molecule has 6 nitrogen and oxygen atoms in total. The Morgan fingerprint density at radius 3 is 2.74 bits per heavy atom. The van der Waals surface area contributed by atoms with Crippen LogP contribution >= 0.6 is 0 Å². The quantitative estimate of drug-likeness (QED) is 0.465. The maximum atomic E-state index is 13.0. The topological polar surface area (TPSA) is 65.1 Å². The minimum absolute atomic E-state index is 0.111. The predicted octanol–water partition coefficient (Wildman–Crippen LogP) is 4.54. The molecule has 5 rings (SSSR count). The van der Waals surface area contributed by atoms with E-state index >= 15 is 0 Å². The number of nitrogens with zero attached hydrogens (tertiary/aromatic N) is 1. The first-order chi connectivity index (χ1) is 16.5. The van der Waals surface area contributed by atoms with E-state index in [1.54, 1.807) is 13.1 Å². The van der Waals surface area contributed by atoms with Crippen molar-refractivity contribution in [3.05, 3.63) is 70.4 Å². The molecule has 2 unspecified atom stereocenters. The van der Waals surface area contributed by atoms with Crippen molar-refractivity contribution in [2.75, 3.05) is 13.2 Å². The normalized spacial score (nSPS) is 20.8. The van der Waals surface area contributed by atoms with Crippen molar-refractivity contribution in [3.8, 4) is 11.5 Å². The maximum absolute atomic E-state index is 13.0. The lowest BCUT2D eigenvalue weighted by atomic mass is 9.77. The molecule has 0 radical (unpaired) electrons. The summed E-state index contributed by atoms with van der Waals surface area (Å²) in [6.07, 6.45) is 3.63. The van der Waals surface area contributed by atoms with E-state index in [2.05, 4.69) is 24.8 Å². The van der Waals surface area contributed by atoms with Crippen LogP contribution in [-0.2, 0) is 33.8 Å². The number of fused-ring (bicyclic) bond motifs is 5. The molecule has 0 saturated heterocycles. The van der Waals surface area contributed by atoms with Crippen molar-refractivity contribution in [3.63, 3.8) is 0 Å². The second-order valence-corrected chi connectivity index (χ2v) is 9.50. The van der Waals surface area contributed by atoms with E-state index in [0.29, 0.717) is 19.1 Å². The Balaban J connectivity index is 1.54. The zero-order valence-electron chi connectivity index (χ0n) is 20.0. The lowest BCUT2D eigenvalue weighted by Crippen LogP contribution is -2.47. The van der Waals surface area contributed by atoms with E-state index < -0.39 is 5.97 Å². The van der Waals surface area contributed by atoms with Gasteiger partial charge < -0.3 is 19.1 Å². The van der Waals surface area contributed by atoms with Gasteiger partial charge in [0.25, 0.3) is 0 Å². The third-order valence-corrected chi connectivity index (χ3v) is 7.04. The van der Waals surface area contributed by atoms with E-state index in [1.165, 1.54) is 11.1 Å². The Morgan fingerprint density at radius 1 is 1.21 bits per heavy atom. The summed E-state index contributed by atoms with van der Waals surface area (Å²) in [7, 11) is 0. The summed E-state index contributed by atoms with van der Waals surface area (Å²) in [5.41, 5.74) is 4.78. The van der Waals surface area contributed by atoms with E-state index in [9.17, 15) is 9.59 Å². The molecule has 0 aromatic heterocycles. The number of rotatable bonds is 6. The first-order valence-corrected chi connectivity index (χ1v) is 12.2. The molecule has 34 heavy (non-hydrogen) atoms. The molecule has 2 aromatic rings. The molecule has 3 aliphatic rings. The highest BCUT2D eigenvalue weighted by atomic mass is 16.5. The number of hydrogen-bond donors (Lipinski definition) is 0. The summed E-state index contributed by atoms with van der Waals surface area (Å²) in [4.78, 5) is 27.7. The van der Waals surface area contributed by atoms with Crippen molar-refractivity contribution in [2.45, 2.75) is 58.7 Å². The van der Waals surface area contributed by atoms with Crippen LogP contribution in [-0.4, -0.2) is 35.9 Å². The molecule has 0 spiro atoms. The largest absolute Gasteiger partial charge is 0.489 e. The third-order valence-electron chi connectivity index (χ3n) is 7.04. The second kappa shape index (κ2) is 9.16. The summed E-state index contributed by atoms with van der Waals surface area (Å²) in [6, 6.07) is 12.3. The van der Waals surface area contributed by atoms with Gasteiger partial charge in [0.2, 0.25) is 0 Å². The van der Waals surface area contributed by atoms with Crippen LogP contribution in [0.5, 0.6) is 11.5 Å². The van der Waals surface area contributed by atoms with Gasteiger partial charge in [0.1, 0.15) is 12.2 Å². The fraction of sp³-hybridized carbons (Fsp3) is 0.429. The zero-order valence-corrected chi connectivity index (χ0v) is 20.0. The molecular weight excluding hydrogens is 430 g/mol. The molecule has 2 aromatic carbocycles. The maximum Gasteiger partial charge on any atom is 0.343 e. The molecular formula is C28H31NO5. The van der Waals surface area contributed by atoms with Gasteiger partial charge in [-0.2, -0.15) is 0 Å². The van der Waals surface area contributed by atoms with Crippen molar-refractivity contribution in [1.82, 2.24) is 4.90 Å². The lowest BCUT2D eigenvalue weighted by molar-refractivity contribution is -0.140. The summed E-state index contributed by atoms with van der Waals surface area (Å²) in [5.74, 6) is 1.22. The number of Topliss-reactive ketones (excluding diaryl/α,β-unsaturated/α-hetero) is 1. The lowest BCUT2D eigenvalue weighted by Gasteiger charge is -2.47. The number of ether oxygens (including phenoxy) is 3. The van der Waals surface area contributed by atoms with Gasteiger partial charge >= 0.3 is 5.97 Å². The molecule has 178 valence electrons. The molecule has 0 bridgehead atoms. The molecule has 3 aliphatic heterocycles. The fourth-order valence-electron chi connectivity index (χ4n) is 5.42. The molecule has 0 amide bonds. The fourth-order valence-corrected chi connectivity index (χ4v) is 5.42. The van der Waals surface area contributed by atoms with Crippen molar-refractivity contribution >= 4 is 11.8 Å². The predicted molar refractivity (Wildman–Crippen MR) is 128 cm³/mol. The van der Waals surface area contributed by atoms with Crippen molar-refractivity contribution < 1.29 is 23.8 Å². The minimum Gasteiger partial charge on any atom is -0.489 e.